The van der Waals surface area contributed by atoms with Gasteiger partial charge in [0.1, 0.15) is 11.3 Å². The maximum absolute atomic E-state index is 6.61. The summed E-state index contributed by atoms with van der Waals surface area (Å²) < 4.78 is 9.06. The third-order valence-corrected chi connectivity index (χ3v) is 12.6. The Morgan fingerprint density at radius 1 is 0.526 bits per heavy atom. The van der Waals surface area contributed by atoms with Gasteiger partial charge in [-0.25, -0.2) is 15.0 Å². The molecule has 2 unspecified atom stereocenters. The molecule has 0 amide bonds. The number of rotatable bonds is 5. The van der Waals surface area contributed by atoms with Gasteiger partial charge in [-0.05, 0) is 77.4 Å². The van der Waals surface area contributed by atoms with Crippen molar-refractivity contribution in [2.45, 2.75) is 12.0 Å². The number of furan rings is 1. The molecular formula is C51H32N4OS. The van der Waals surface area contributed by atoms with Gasteiger partial charge in [-0.15, -0.1) is 11.3 Å². The molecule has 0 spiro atoms. The molecular weight excluding hydrogens is 717 g/mol. The van der Waals surface area contributed by atoms with Gasteiger partial charge >= 0.3 is 0 Å². The number of nitrogens with zero attached hydrogens (tertiary/aromatic N) is 4. The van der Waals surface area contributed by atoms with E-state index in [9.17, 15) is 0 Å². The number of fused-ring (bicyclic) bond motifs is 10. The van der Waals surface area contributed by atoms with E-state index in [1.165, 1.54) is 42.7 Å². The maximum atomic E-state index is 6.61. The van der Waals surface area contributed by atoms with E-state index in [4.69, 9.17) is 19.4 Å². The van der Waals surface area contributed by atoms with Crippen molar-refractivity contribution >= 4 is 59.9 Å². The quantitative estimate of drug-likeness (QED) is 0.175. The lowest BCUT2D eigenvalue weighted by Gasteiger charge is -2.30. The fourth-order valence-corrected chi connectivity index (χ4v) is 10.1. The summed E-state index contributed by atoms with van der Waals surface area (Å²) in [6.45, 7) is 0. The molecule has 0 saturated heterocycles. The third-order valence-electron chi connectivity index (χ3n) is 11.5. The monoisotopic (exact) mass is 748 g/mol. The zero-order chi connectivity index (χ0) is 37.5. The maximum Gasteiger partial charge on any atom is 0.164 e. The highest BCUT2D eigenvalue weighted by Crippen LogP contribution is 2.53. The second-order valence-electron chi connectivity index (χ2n) is 14.7. The number of hydrogen-bond acceptors (Lipinski definition) is 6. The minimum absolute atomic E-state index is 0.0904. The third kappa shape index (κ3) is 5.11. The van der Waals surface area contributed by atoms with E-state index in [2.05, 4.69) is 181 Å². The molecule has 1 aliphatic carbocycles. The van der Waals surface area contributed by atoms with E-state index in [1.807, 2.05) is 6.07 Å². The Morgan fingerprint density at radius 2 is 1.21 bits per heavy atom. The Labute approximate surface area is 332 Å². The van der Waals surface area contributed by atoms with Crippen molar-refractivity contribution < 1.29 is 4.42 Å². The van der Waals surface area contributed by atoms with Crippen LogP contribution in [0.2, 0.25) is 0 Å². The van der Waals surface area contributed by atoms with Gasteiger partial charge in [0, 0.05) is 65.1 Å². The van der Waals surface area contributed by atoms with Crippen LogP contribution in [0.1, 0.15) is 22.8 Å². The average molecular weight is 749 g/mol. The number of para-hydroxylation sites is 2. The standard InChI is InChI=1S/C51H32N4OS/c1-3-13-31(14-4-1)32-15-11-16-33(29-32)49-52-50(54-51(53-49)38-21-12-24-45-46(38)37-20-8-10-23-44(37)57-45)34-25-27-42-39(30-34)48-43(56-42)28-26-41-47(48)36-19-7-9-22-40(36)55(41)35-17-5-2-6-18-35/h1-30,41,47H. The zero-order valence-electron chi connectivity index (χ0n) is 30.6. The van der Waals surface area contributed by atoms with Crippen molar-refractivity contribution in [3.63, 3.8) is 0 Å². The Bertz CT molecular complexity index is 3220. The predicted octanol–water partition coefficient (Wildman–Crippen LogP) is 13.3. The van der Waals surface area contributed by atoms with Crippen LogP contribution in [0.25, 0.3) is 82.5 Å². The Morgan fingerprint density at radius 3 is 2.09 bits per heavy atom. The minimum Gasteiger partial charge on any atom is -0.456 e. The molecule has 3 aromatic heterocycles. The van der Waals surface area contributed by atoms with E-state index in [0.717, 1.165) is 44.5 Å². The summed E-state index contributed by atoms with van der Waals surface area (Å²) in [5, 5.41) is 3.45. The molecule has 4 heterocycles. The first kappa shape index (κ1) is 32.1. The van der Waals surface area contributed by atoms with Gasteiger partial charge in [-0.1, -0.05) is 121 Å². The molecule has 268 valence electrons. The van der Waals surface area contributed by atoms with Crippen molar-refractivity contribution in [2.24, 2.45) is 0 Å². The van der Waals surface area contributed by atoms with Crippen LogP contribution in [-0.2, 0) is 0 Å². The molecule has 0 N–H and O–H groups in total. The summed E-state index contributed by atoms with van der Waals surface area (Å²) in [7, 11) is 0. The Hall–Kier alpha value is -7.15. The second kappa shape index (κ2) is 12.7. The minimum atomic E-state index is 0.0904. The zero-order valence-corrected chi connectivity index (χ0v) is 31.4. The van der Waals surface area contributed by atoms with Crippen LogP contribution >= 0.6 is 11.3 Å². The van der Waals surface area contributed by atoms with E-state index >= 15 is 0 Å². The van der Waals surface area contributed by atoms with Gasteiger partial charge in [0.2, 0.25) is 0 Å². The molecule has 7 aromatic carbocycles. The molecule has 12 rings (SSSR count). The average Bonchev–Trinajstić information content (AvgIpc) is 3.96. The molecule has 6 heteroatoms. The van der Waals surface area contributed by atoms with Gasteiger partial charge in [0.05, 0.1) is 6.04 Å². The first-order valence-corrected chi connectivity index (χ1v) is 20.1. The molecule has 10 aromatic rings. The van der Waals surface area contributed by atoms with E-state index in [1.54, 1.807) is 11.3 Å². The fourth-order valence-electron chi connectivity index (χ4n) is 8.98. The molecule has 5 nitrogen and oxygen atoms in total. The lowest BCUT2D eigenvalue weighted by atomic mass is 9.82. The summed E-state index contributed by atoms with van der Waals surface area (Å²) in [5.41, 5.74) is 10.8. The van der Waals surface area contributed by atoms with Crippen LogP contribution in [0, 0.1) is 0 Å². The largest absolute Gasteiger partial charge is 0.456 e. The summed E-state index contributed by atoms with van der Waals surface area (Å²) in [5.74, 6) is 2.89. The smallest absolute Gasteiger partial charge is 0.164 e. The molecule has 0 fully saturated rings. The van der Waals surface area contributed by atoms with Crippen molar-refractivity contribution in [3.8, 4) is 45.3 Å². The number of benzene rings is 7. The van der Waals surface area contributed by atoms with E-state index in [0.29, 0.717) is 17.5 Å². The topological polar surface area (TPSA) is 55.1 Å². The second-order valence-corrected chi connectivity index (χ2v) is 15.8. The normalized spacial score (nSPS) is 15.6. The lowest BCUT2D eigenvalue weighted by molar-refractivity contribution is 0.584. The van der Waals surface area contributed by atoms with Gasteiger partial charge in [-0.2, -0.15) is 0 Å². The molecule has 0 bridgehead atoms. The van der Waals surface area contributed by atoms with Crippen molar-refractivity contribution in [3.05, 3.63) is 193 Å². The van der Waals surface area contributed by atoms with Crippen LogP contribution in [0.5, 0.6) is 0 Å². The van der Waals surface area contributed by atoms with Crippen LogP contribution < -0.4 is 4.90 Å². The number of hydrogen-bond donors (Lipinski definition) is 0. The van der Waals surface area contributed by atoms with Crippen LogP contribution in [0.4, 0.5) is 11.4 Å². The van der Waals surface area contributed by atoms with Crippen LogP contribution in [0.3, 0.4) is 0 Å². The number of aromatic nitrogens is 3. The summed E-state index contributed by atoms with van der Waals surface area (Å²) in [6.07, 6.45) is 4.45. The highest BCUT2D eigenvalue weighted by Gasteiger charge is 2.43. The molecule has 2 atom stereocenters. The van der Waals surface area contributed by atoms with Crippen molar-refractivity contribution in [1.29, 1.82) is 0 Å². The lowest BCUT2D eigenvalue weighted by Crippen LogP contribution is -2.30. The predicted molar refractivity (Wildman–Crippen MR) is 234 cm³/mol. The van der Waals surface area contributed by atoms with Crippen molar-refractivity contribution in [1.82, 2.24) is 15.0 Å². The summed E-state index contributed by atoms with van der Waals surface area (Å²) in [4.78, 5) is 18.3. The number of anilines is 2. The highest BCUT2D eigenvalue weighted by atomic mass is 32.1. The van der Waals surface area contributed by atoms with Gasteiger partial charge in [0.25, 0.3) is 0 Å². The molecule has 0 saturated carbocycles. The van der Waals surface area contributed by atoms with E-state index in [-0.39, 0.29) is 12.0 Å². The first-order valence-electron chi connectivity index (χ1n) is 19.3. The Kier molecular flexibility index (Phi) is 7.16. The van der Waals surface area contributed by atoms with Crippen molar-refractivity contribution in [2.75, 3.05) is 4.90 Å². The van der Waals surface area contributed by atoms with Gasteiger partial charge in [0.15, 0.2) is 17.5 Å². The molecule has 1 aliphatic heterocycles. The molecule has 57 heavy (non-hydrogen) atoms. The highest BCUT2D eigenvalue weighted by molar-refractivity contribution is 7.25. The van der Waals surface area contributed by atoms with Gasteiger partial charge in [-0.3, -0.25) is 0 Å². The summed E-state index contributed by atoms with van der Waals surface area (Å²) in [6, 6.07) is 59.9. The van der Waals surface area contributed by atoms with Gasteiger partial charge < -0.3 is 9.32 Å². The first-order chi connectivity index (χ1) is 28.2. The fraction of sp³-hybridized carbons (Fsp3) is 0.0392. The van der Waals surface area contributed by atoms with Crippen LogP contribution in [0.15, 0.2) is 180 Å². The summed E-state index contributed by atoms with van der Waals surface area (Å²) >= 11 is 1.80. The van der Waals surface area contributed by atoms with Crippen LogP contribution in [-0.4, -0.2) is 21.0 Å². The number of thiophene rings is 1. The molecule has 0 radical (unpaired) electrons. The Balaban J connectivity index is 1.05. The SMILES string of the molecule is C1=CC2C(c3ccccc3N2c2ccccc2)c2c1oc1ccc(-c3nc(-c4cccc(-c5ccccc5)c4)nc(-c4cccc5sc6ccccc6c45)n3)cc21. The molecule has 2 aliphatic rings. The van der Waals surface area contributed by atoms with E-state index < -0.39 is 0 Å².